The van der Waals surface area contributed by atoms with Crippen LogP contribution in [0.15, 0.2) is 24.3 Å². The Labute approximate surface area is 149 Å². The smallest absolute Gasteiger partial charge is 0.325 e. The molecule has 1 saturated heterocycles. The average molecular weight is 345 g/mol. The van der Waals surface area contributed by atoms with Crippen LogP contribution in [0.4, 0.5) is 4.79 Å². The topological polar surface area (TPSA) is 69.7 Å². The second-order valence-corrected chi connectivity index (χ2v) is 7.30. The molecule has 0 radical (unpaired) electrons. The summed E-state index contributed by atoms with van der Waals surface area (Å²) in [4.78, 5) is 40.6. The van der Waals surface area contributed by atoms with Gasteiger partial charge < -0.3 is 10.2 Å². The van der Waals surface area contributed by atoms with E-state index in [1.165, 1.54) is 0 Å². The highest BCUT2D eigenvalue weighted by atomic mass is 16.2. The second-order valence-electron chi connectivity index (χ2n) is 7.30. The molecule has 6 heteroatoms. The Morgan fingerprint density at radius 2 is 1.64 bits per heavy atom. The first-order chi connectivity index (χ1) is 11.6. The van der Waals surface area contributed by atoms with Crippen molar-refractivity contribution in [2.24, 2.45) is 0 Å². The molecule has 0 aromatic heterocycles. The summed E-state index contributed by atoms with van der Waals surface area (Å²) < 4.78 is 0. The molecule has 4 amide bonds. The van der Waals surface area contributed by atoms with Crippen molar-refractivity contribution in [3.8, 4) is 0 Å². The van der Waals surface area contributed by atoms with Gasteiger partial charge in [-0.25, -0.2) is 4.79 Å². The minimum absolute atomic E-state index is 0.00301. The summed E-state index contributed by atoms with van der Waals surface area (Å²) >= 11 is 0. The van der Waals surface area contributed by atoms with Crippen LogP contribution < -0.4 is 5.32 Å². The summed E-state index contributed by atoms with van der Waals surface area (Å²) in [5.41, 5.74) is 0.627. The van der Waals surface area contributed by atoms with Gasteiger partial charge in [-0.15, -0.1) is 0 Å². The molecule has 0 spiro atoms. The number of carbonyl (C=O) groups is 3. The van der Waals surface area contributed by atoms with Crippen molar-refractivity contribution in [3.05, 3.63) is 35.4 Å². The third-order valence-electron chi connectivity index (χ3n) is 4.60. The van der Waals surface area contributed by atoms with Crippen LogP contribution in [0.5, 0.6) is 0 Å². The van der Waals surface area contributed by atoms with Crippen molar-refractivity contribution in [3.63, 3.8) is 0 Å². The molecule has 136 valence electrons. The minimum Gasteiger partial charge on any atom is -0.336 e. The van der Waals surface area contributed by atoms with Gasteiger partial charge in [-0.3, -0.25) is 14.5 Å². The van der Waals surface area contributed by atoms with Gasteiger partial charge in [0.25, 0.3) is 5.91 Å². The molecule has 0 saturated carbocycles. The summed E-state index contributed by atoms with van der Waals surface area (Å²) in [6.07, 6.45) is 0. The lowest BCUT2D eigenvalue weighted by Gasteiger charge is -2.32. The molecule has 1 aliphatic heterocycles. The van der Waals surface area contributed by atoms with Gasteiger partial charge in [0.15, 0.2) is 0 Å². The van der Waals surface area contributed by atoms with Gasteiger partial charge in [0.05, 0.1) is 0 Å². The van der Waals surface area contributed by atoms with Gasteiger partial charge in [0.1, 0.15) is 12.1 Å². The zero-order valence-electron chi connectivity index (χ0n) is 15.8. The van der Waals surface area contributed by atoms with Crippen LogP contribution in [0.1, 0.15) is 45.7 Å². The number of hydrogen-bond donors (Lipinski definition) is 1. The number of carbonyl (C=O) groups excluding carboxylic acids is 3. The predicted octanol–water partition coefficient (Wildman–Crippen LogP) is 2.41. The first-order valence-corrected chi connectivity index (χ1v) is 8.60. The highest BCUT2D eigenvalue weighted by Crippen LogP contribution is 2.29. The summed E-state index contributed by atoms with van der Waals surface area (Å²) in [6, 6.07) is 6.91. The van der Waals surface area contributed by atoms with Gasteiger partial charge in [0.2, 0.25) is 5.91 Å². The van der Waals surface area contributed by atoms with Gasteiger partial charge >= 0.3 is 6.03 Å². The predicted molar refractivity (Wildman–Crippen MR) is 95.9 cm³/mol. The fourth-order valence-corrected chi connectivity index (χ4v) is 3.31. The molecule has 1 aliphatic rings. The fraction of sp³-hybridized carbons (Fsp3) is 0.526. The summed E-state index contributed by atoms with van der Waals surface area (Å²) in [5, 5.41) is 2.74. The zero-order valence-corrected chi connectivity index (χ0v) is 15.8. The van der Waals surface area contributed by atoms with E-state index < -0.39 is 17.5 Å². The van der Waals surface area contributed by atoms with Crippen molar-refractivity contribution in [2.45, 2.75) is 59.2 Å². The lowest BCUT2D eigenvalue weighted by atomic mass is 9.91. The largest absolute Gasteiger partial charge is 0.336 e. The molecule has 6 nitrogen and oxygen atoms in total. The molecule has 25 heavy (non-hydrogen) atoms. The van der Waals surface area contributed by atoms with Gasteiger partial charge in [-0.1, -0.05) is 29.8 Å². The van der Waals surface area contributed by atoms with E-state index in [0.717, 1.165) is 10.5 Å². The highest BCUT2D eigenvalue weighted by Gasteiger charge is 2.49. The van der Waals surface area contributed by atoms with E-state index in [-0.39, 0.29) is 24.5 Å². The number of nitrogens with one attached hydrogen (secondary N) is 1. The number of aryl methyl sites for hydroxylation is 1. The number of imide groups is 1. The monoisotopic (exact) mass is 345 g/mol. The molecule has 0 bridgehead atoms. The van der Waals surface area contributed by atoms with E-state index in [1.807, 2.05) is 58.9 Å². The van der Waals surface area contributed by atoms with E-state index in [0.29, 0.717) is 5.56 Å². The summed E-state index contributed by atoms with van der Waals surface area (Å²) in [6.45, 7) is 11.0. The minimum atomic E-state index is -1.15. The first kappa shape index (κ1) is 19.0. The highest BCUT2D eigenvalue weighted by molar-refractivity contribution is 6.09. The van der Waals surface area contributed by atoms with Crippen molar-refractivity contribution in [2.75, 3.05) is 6.54 Å². The van der Waals surface area contributed by atoms with Gasteiger partial charge in [-0.05, 0) is 47.1 Å². The molecule has 1 aromatic carbocycles. The quantitative estimate of drug-likeness (QED) is 0.833. The Kier molecular flexibility index (Phi) is 5.20. The third-order valence-corrected chi connectivity index (χ3v) is 4.60. The van der Waals surface area contributed by atoms with E-state index in [2.05, 4.69) is 5.32 Å². The van der Waals surface area contributed by atoms with Crippen LogP contribution >= 0.6 is 0 Å². The number of amides is 4. The number of rotatable bonds is 5. The number of hydrogen-bond acceptors (Lipinski definition) is 3. The molecule has 1 N–H and O–H groups in total. The second kappa shape index (κ2) is 6.86. The van der Waals surface area contributed by atoms with Crippen molar-refractivity contribution < 1.29 is 14.4 Å². The molecular weight excluding hydrogens is 318 g/mol. The summed E-state index contributed by atoms with van der Waals surface area (Å²) in [5.74, 6) is -0.635. The third kappa shape index (κ3) is 3.52. The molecule has 2 rings (SSSR count). The Balaban J connectivity index is 2.24. The maximum Gasteiger partial charge on any atom is 0.325 e. The Bertz CT molecular complexity index is 674. The molecule has 1 aromatic rings. The molecule has 0 aliphatic carbocycles. The van der Waals surface area contributed by atoms with Crippen LogP contribution in [0, 0.1) is 6.92 Å². The van der Waals surface area contributed by atoms with Crippen LogP contribution in [0.2, 0.25) is 0 Å². The van der Waals surface area contributed by atoms with E-state index >= 15 is 0 Å². The molecular formula is C19H27N3O3. The van der Waals surface area contributed by atoms with Crippen molar-refractivity contribution >= 4 is 17.8 Å². The van der Waals surface area contributed by atoms with Crippen molar-refractivity contribution in [1.29, 1.82) is 0 Å². The van der Waals surface area contributed by atoms with Crippen LogP contribution in [-0.4, -0.2) is 46.3 Å². The van der Waals surface area contributed by atoms with Crippen molar-refractivity contribution in [1.82, 2.24) is 15.1 Å². The number of benzene rings is 1. The standard InChI is InChI=1S/C19H27N3O3/c1-12(2)22(13(3)4)16(23)11-21-17(24)19(6,20-18(21)25)15-9-7-14(5)8-10-15/h7-10,12-13H,11H2,1-6H3,(H,20,25). The van der Waals surface area contributed by atoms with E-state index in [9.17, 15) is 14.4 Å². The Morgan fingerprint density at radius 1 is 1.12 bits per heavy atom. The first-order valence-electron chi connectivity index (χ1n) is 8.60. The zero-order chi connectivity index (χ0) is 18.9. The van der Waals surface area contributed by atoms with Gasteiger partial charge in [0, 0.05) is 12.1 Å². The SMILES string of the molecule is Cc1ccc(C2(C)NC(=O)N(CC(=O)N(C(C)C)C(C)C)C2=O)cc1. The average Bonchev–Trinajstić information content (AvgIpc) is 2.71. The van der Waals surface area contributed by atoms with E-state index in [4.69, 9.17) is 0 Å². The molecule has 1 heterocycles. The Morgan fingerprint density at radius 3 is 2.12 bits per heavy atom. The van der Waals surface area contributed by atoms with Gasteiger partial charge in [-0.2, -0.15) is 0 Å². The number of nitrogens with zero attached hydrogens (tertiary/aromatic N) is 2. The number of urea groups is 1. The lowest BCUT2D eigenvalue weighted by Crippen LogP contribution is -2.49. The maximum absolute atomic E-state index is 12.9. The van der Waals surface area contributed by atoms with E-state index in [1.54, 1.807) is 11.8 Å². The maximum atomic E-state index is 12.9. The fourth-order valence-electron chi connectivity index (χ4n) is 3.31. The molecule has 1 atom stereocenters. The lowest BCUT2D eigenvalue weighted by molar-refractivity contribution is -0.141. The van der Waals surface area contributed by atoms with Crippen LogP contribution in [0.25, 0.3) is 0 Å². The van der Waals surface area contributed by atoms with Crippen LogP contribution in [-0.2, 0) is 15.1 Å². The van der Waals surface area contributed by atoms with Crippen LogP contribution in [0.3, 0.4) is 0 Å². The molecule has 1 fully saturated rings. The Hall–Kier alpha value is -2.37. The molecule has 1 unspecified atom stereocenters. The summed E-state index contributed by atoms with van der Waals surface area (Å²) in [7, 11) is 0. The normalized spacial score (nSPS) is 20.4.